The largest absolute Gasteiger partial charge is 0.455 e. The maximum absolute atomic E-state index is 6.51. The van der Waals surface area contributed by atoms with Crippen LogP contribution < -0.4 is 0 Å². The fraction of sp³-hybridized carbons (Fsp3) is 0. The van der Waals surface area contributed by atoms with Gasteiger partial charge in [-0.15, -0.1) is 11.3 Å². The first-order valence-electron chi connectivity index (χ1n) is 17.1. The van der Waals surface area contributed by atoms with E-state index in [0.29, 0.717) is 5.82 Å². The van der Waals surface area contributed by atoms with Crippen molar-refractivity contribution in [1.29, 1.82) is 0 Å². The van der Waals surface area contributed by atoms with Crippen LogP contribution >= 0.6 is 11.3 Å². The second kappa shape index (κ2) is 11.0. The molecule has 4 aromatic heterocycles. The lowest BCUT2D eigenvalue weighted by molar-refractivity contribution is 0.673. The van der Waals surface area contributed by atoms with Crippen molar-refractivity contribution in [2.75, 3.05) is 0 Å². The van der Waals surface area contributed by atoms with Crippen LogP contribution in [0.4, 0.5) is 0 Å². The van der Waals surface area contributed by atoms with E-state index in [2.05, 4.69) is 138 Å². The second-order valence-electron chi connectivity index (χ2n) is 12.9. The summed E-state index contributed by atoms with van der Waals surface area (Å²) in [5.41, 5.74) is 10.1. The van der Waals surface area contributed by atoms with Gasteiger partial charge < -0.3 is 8.98 Å². The van der Waals surface area contributed by atoms with Crippen LogP contribution in [0.15, 0.2) is 168 Å². The molecule has 0 aliphatic rings. The first kappa shape index (κ1) is 28.3. The summed E-state index contributed by atoms with van der Waals surface area (Å²) in [5, 5.41) is 7.11. The minimum atomic E-state index is 0.711. The van der Waals surface area contributed by atoms with Gasteiger partial charge in [-0.3, -0.25) is 0 Å². The van der Waals surface area contributed by atoms with Gasteiger partial charge in [0.15, 0.2) is 5.82 Å². The van der Waals surface area contributed by atoms with Crippen LogP contribution in [0.2, 0.25) is 0 Å². The fourth-order valence-corrected chi connectivity index (χ4v) is 8.92. The van der Waals surface area contributed by atoms with E-state index in [1.165, 1.54) is 25.6 Å². The highest BCUT2D eigenvalue weighted by atomic mass is 32.1. The number of furan rings is 1. The van der Waals surface area contributed by atoms with Gasteiger partial charge in [-0.05, 0) is 48.5 Å². The average molecular weight is 670 g/mol. The van der Waals surface area contributed by atoms with Crippen LogP contribution in [0.25, 0.3) is 104 Å². The van der Waals surface area contributed by atoms with E-state index in [-0.39, 0.29) is 0 Å². The molecule has 0 saturated carbocycles. The summed E-state index contributed by atoms with van der Waals surface area (Å²) in [6.07, 6.45) is 0. The third-order valence-electron chi connectivity index (χ3n) is 10.0. The van der Waals surface area contributed by atoms with Crippen molar-refractivity contribution in [2.24, 2.45) is 0 Å². The predicted molar refractivity (Wildman–Crippen MR) is 213 cm³/mol. The van der Waals surface area contributed by atoms with Crippen molar-refractivity contribution in [2.45, 2.75) is 0 Å². The lowest BCUT2D eigenvalue weighted by atomic mass is 10.0. The molecule has 0 radical (unpaired) electrons. The molecule has 51 heavy (non-hydrogen) atoms. The first-order chi connectivity index (χ1) is 25.3. The number of fused-ring (bicyclic) bond motifs is 10. The Labute approximate surface area is 296 Å². The van der Waals surface area contributed by atoms with Crippen LogP contribution in [0, 0.1) is 0 Å². The third-order valence-corrected chi connectivity index (χ3v) is 11.3. The van der Waals surface area contributed by atoms with Gasteiger partial charge in [-0.25, -0.2) is 9.97 Å². The van der Waals surface area contributed by atoms with Gasteiger partial charge in [-0.2, -0.15) is 0 Å². The summed E-state index contributed by atoms with van der Waals surface area (Å²) in [6, 6.07) is 57.6. The van der Waals surface area contributed by atoms with Gasteiger partial charge in [0.2, 0.25) is 0 Å². The molecule has 0 aliphatic heterocycles. The number of para-hydroxylation sites is 2. The highest BCUT2D eigenvalue weighted by molar-refractivity contribution is 7.26. The summed E-state index contributed by atoms with van der Waals surface area (Å²) in [5.74, 6) is 0.711. The van der Waals surface area contributed by atoms with Crippen LogP contribution in [-0.4, -0.2) is 14.5 Å². The van der Waals surface area contributed by atoms with E-state index in [0.717, 1.165) is 72.1 Å². The monoisotopic (exact) mass is 669 g/mol. The van der Waals surface area contributed by atoms with Crippen LogP contribution in [0.3, 0.4) is 0 Å². The molecule has 0 unspecified atom stereocenters. The zero-order valence-electron chi connectivity index (χ0n) is 27.2. The molecule has 0 saturated heterocycles. The normalized spacial score (nSPS) is 11.9. The zero-order valence-corrected chi connectivity index (χ0v) is 28.1. The minimum absolute atomic E-state index is 0.711. The first-order valence-corrected chi connectivity index (χ1v) is 17.9. The molecule has 0 amide bonds. The Hall–Kier alpha value is -6.56. The molecule has 0 atom stereocenters. The lowest BCUT2D eigenvalue weighted by Gasteiger charge is -2.12. The molecular formula is C46H27N3OS. The number of aromatic nitrogens is 3. The average Bonchev–Trinajstić information content (AvgIpc) is 3.88. The van der Waals surface area contributed by atoms with Gasteiger partial charge in [0, 0.05) is 58.7 Å². The van der Waals surface area contributed by atoms with E-state index < -0.39 is 0 Å². The van der Waals surface area contributed by atoms with Crippen molar-refractivity contribution in [3.63, 3.8) is 0 Å². The zero-order chi connectivity index (χ0) is 33.5. The molecule has 0 aliphatic carbocycles. The maximum atomic E-state index is 6.51. The number of hydrogen-bond donors (Lipinski definition) is 0. The molecule has 4 nitrogen and oxygen atoms in total. The summed E-state index contributed by atoms with van der Waals surface area (Å²) in [4.78, 5) is 10.3. The van der Waals surface area contributed by atoms with Gasteiger partial charge >= 0.3 is 0 Å². The van der Waals surface area contributed by atoms with Crippen LogP contribution in [-0.2, 0) is 0 Å². The Balaban J connectivity index is 1.08. The number of hydrogen-bond acceptors (Lipinski definition) is 4. The molecular weight excluding hydrogens is 643 g/mol. The summed E-state index contributed by atoms with van der Waals surface area (Å²) < 4.78 is 11.4. The summed E-state index contributed by atoms with van der Waals surface area (Å²) in [6.45, 7) is 0. The molecule has 238 valence electrons. The van der Waals surface area contributed by atoms with E-state index in [9.17, 15) is 0 Å². The minimum Gasteiger partial charge on any atom is -0.455 e. The van der Waals surface area contributed by atoms with Gasteiger partial charge in [0.05, 0.1) is 27.8 Å². The van der Waals surface area contributed by atoms with Crippen molar-refractivity contribution in [3.8, 4) is 39.6 Å². The highest BCUT2D eigenvalue weighted by Crippen LogP contribution is 2.42. The van der Waals surface area contributed by atoms with Gasteiger partial charge in [-0.1, -0.05) is 115 Å². The van der Waals surface area contributed by atoms with E-state index in [1.807, 2.05) is 41.7 Å². The highest BCUT2D eigenvalue weighted by Gasteiger charge is 2.19. The Bertz CT molecular complexity index is 3130. The molecule has 4 heterocycles. The maximum Gasteiger partial charge on any atom is 0.160 e. The Kier molecular flexibility index (Phi) is 6.09. The van der Waals surface area contributed by atoms with Crippen molar-refractivity contribution in [3.05, 3.63) is 164 Å². The Morgan fingerprint density at radius 1 is 0.490 bits per heavy atom. The van der Waals surface area contributed by atoms with E-state index >= 15 is 0 Å². The smallest absolute Gasteiger partial charge is 0.160 e. The molecule has 0 spiro atoms. The number of nitrogens with zero attached hydrogens (tertiary/aromatic N) is 3. The SMILES string of the molecule is c1ccc(-c2nc(-c3ccc(-n4c5ccccc5c5c6oc7ccccc7c6ccc54)cc3)cc(-c3cccc4c3sc3ccccc34)n2)cc1. The number of rotatable bonds is 4. The third kappa shape index (κ3) is 4.32. The van der Waals surface area contributed by atoms with Crippen LogP contribution in [0.1, 0.15) is 0 Å². The van der Waals surface area contributed by atoms with Crippen molar-refractivity contribution >= 4 is 75.3 Å². The molecule has 0 fully saturated rings. The molecule has 0 N–H and O–H groups in total. The standard InChI is InChI=1S/C46H27N3OS/c1-2-11-29(12-3-1)46-47-37(27-38(48-46)35-17-10-16-34-32-14-6-9-20-42(32)51-45(34)35)28-21-23-30(24-22-28)49-39-18-7-4-15-36(39)43-40(49)26-25-33-31-13-5-8-19-41(31)50-44(33)43/h1-27H. The molecule has 11 aromatic rings. The van der Waals surface area contributed by atoms with E-state index in [1.54, 1.807) is 0 Å². The van der Waals surface area contributed by atoms with Gasteiger partial charge in [0.25, 0.3) is 0 Å². The number of thiophene rings is 1. The van der Waals surface area contributed by atoms with E-state index in [4.69, 9.17) is 14.4 Å². The van der Waals surface area contributed by atoms with Crippen molar-refractivity contribution < 1.29 is 4.42 Å². The van der Waals surface area contributed by atoms with Crippen LogP contribution in [0.5, 0.6) is 0 Å². The predicted octanol–water partition coefficient (Wildman–Crippen LogP) is 12.8. The summed E-state index contributed by atoms with van der Waals surface area (Å²) >= 11 is 1.82. The molecule has 5 heteroatoms. The molecule has 11 rings (SSSR count). The Morgan fingerprint density at radius 3 is 2.10 bits per heavy atom. The Morgan fingerprint density at radius 2 is 1.22 bits per heavy atom. The lowest BCUT2D eigenvalue weighted by Crippen LogP contribution is -1.97. The molecule has 0 bridgehead atoms. The topological polar surface area (TPSA) is 43.9 Å². The molecule has 7 aromatic carbocycles. The van der Waals surface area contributed by atoms with Gasteiger partial charge in [0.1, 0.15) is 11.2 Å². The second-order valence-corrected chi connectivity index (χ2v) is 14.0. The quantitative estimate of drug-likeness (QED) is 0.187. The number of benzene rings is 7. The van der Waals surface area contributed by atoms with Crippen molar-refractivity contribution in [1.82, 2.24) is 14.5 Å². The fourth-order valence-electron chi connectivity index (χ4n) is 7.69. The summed E-state index contributed by atoms with van der Waals surface area (Å²) in [7, 11) is 0.